The van der Waals surface area contributed by atoms with E-state index in [2.05, 4.69) is 5.73 Å². The summed E-state index contributed by atoms with van der Waals surface area (Å²) >= 11 is 0. The Morgan fingerprint density at radius 2 is 1.69 bits per heavy atom. The van der Waals surface area contributed by atoms with E-state index in [1.165, 1.54) is 5.32 Å². The molecule has 94 valence electrons. The van der Waals surface area contributed by atoms with Crippen LogP contribution in [0.2, 0.25) is 0 Å². The molecule has 0 radical (unpaired) electrons. The summed E-state index contributed by atoms with van der Waals surface area (Å²) < 4.78 is 59.8. The molecule has 0 aromatic rings. The maximum Gasteiger partial charge on any atom is 0.463 e. The van der Waals surface area contributed by atoms with Gasteiger partial charge in [0.25, 0.3) is 0 Å². The van der Waals surface area contributed by atoms with Crippen molar-refractivity contribution in [3.8, 4) is 0 Å². The van der Waals surface area contributed by atoms with Gasteiger partial charge < -0.3 is 11.1 Å². The summed E-state index contributed by atoms with van der Waals surface area (Å²) in [6, 6.07) is -1.20. The molecule has 0 aromatic carbocycles. The lowest BCUT2D eigenvalue weighted by Crippen LogP contribution is -2.52. The van der Waals surface area contributed by atoms with Crippen LogP contribution >= 0.6 is 0 Å². The van der Waals surface area contributed by atoms with Crippen molar-refractivity contribution in [3.05, 3.63) is 0 Å². The van der Waals surface area contributed by atoms with Gasteiger partial charge in [0.15, 0.2) is 0 Å². The van der Waals surface area contributed by atoms with Gasteiger partial charge in [0.05, 0.1) is 0 Å². The molecule has 0 heterocycles. The van der Waals surface area contributed by atoms with Gasteiger partial charge in [-0.25, -0.2) is 0 Å². The van der Waals surface area contributed by atoms with Crippen LogP contribution in [0.15, 0.2) is 0 Å². The summed E-state index contributed by atoms with van der Waals surface area (Å²) in [7, 11) is 0. The number of primary amides is 1. The summed E-state index contributed by atoms with van der Waals surface area (Å²) in [4.78, 5) is 20.9. The Morgan fingerprint density at radius 3 is 2.00 bits per heavy atom. The Bertz CT molecular complexity index is 289. The Labute approximate surface area is 87.0 Å². The number of carbonyl (C=O) groups is 2. The molecule has 1 atom stereocenters. The van der Waals surface area contributed by atoms with Crippen LogP contribution in [0, 0.1) is 0 Å². The number of alkyl halides is 5. The molecular formula is C7H9F5N2O2. The summed E-state index contributed by atoms with van der Waals surface area (Å²) in [5, 5.41) is 1.35. The lowest BCUT2D eigenvalue weighted by molar-refractivity contribution is -0.270. The van der Waals surface area contributed by atoms with Gasteiger partial charge in [-0.05, 0) is 6.92 Å². The predicted molar refractivity (Wildman–Crippen MR) is 42.4 cm³/mol. The zero-order valence-electron chi connectivity index (χ0n) is 8.07. The highest BCUT2D eigenvalue weighted by molar-refractivity contribution is 5.85. The van der Waals surface area contributed by atoms with Crippen molar-refractivity contribution in [3.63, 3.8) is 0 Å². The third-order valence-corrected chi connectivity index (χ3v) is 1.53. The van der Waals surface area contributed by atoms with Crippen LogP contribution in [0.1, 0.15) is 13.3 Å². The van der Waals surface area contributed by atoms with Crippen LogP contribution in [0.25, 0.3) is 0 Å². The van der Waals surface area contributed by atoms with Gasteiger partial charge in [0, 0.05) is 12.5 Å². The number of rotatable bonds is 4. The van der Waals surface area contributed by atoms with Crippen LogP contribution in [0.4, 0.5) is 22.0 Å². The Hall–Kier alpha value is -1.41. The minimum Gasteiger partial charge on any atom is -0.370 e. The number of carbonyl (C=O) groups excluding carboxylic acids is 2. The van der Waals surface area contributed by atoms with Crippen LogP contribution < -0.4 is 11.1 Å². The van der Waals surface area contributed by atoms with Crippen molar-refractivity contribution in [1.82, 2.24) is 5.32 Å². The van der Waals surface area contributed by atoms with E-state index in [9.17, 15) is 31.5 Å². The Kier molecular flexibility index (Phi) is 4.21. The maximum atomic E-state index is 12.4. The quantitative estimate of drug-likeness (QED) is 0.713. The zero-order chi connectivity index (χ0) is 13.1. The minimum atomic E-state index is -5.97. The van der Waals surface area contributed by atoms with Gasteiger partial charge in [-0.3, -0.25) is 9.59 Å². The number of nitrogens with two attached hydrogens (primary N) is 1. The molecule has 0 rings (SSSR count). The number of hydrogen-bond acceptors (Lipinski definition) is 2. The molecule has 9 heteroatoms. The lowest BCUT2D eigenvalue weighted by Gasteiger charge is -2.20. The fourth-order valence-electron chi connectivity index (χ4n) is 0.796. The highest BCUT2D eigenvalue weighted by Crippen LogP contribution is 2.35. The molecule has 2 amide bonds. The van der Waals surface area contributed by atoms with E-state index in [0.29, 0.717) is 0 Å². The average Bonchev–Trinajstić information content (AvgIpc) is 1.99. The van der Waals surface area contributed by atoms with E-state index < -0.39 is 36.4 Å². The van der Waals surface area contributed by atoms with Gasteiger partial charge in [-0.15, -0.1) is 0 Å². The highest BCUT2D eigenvalue weighted by Gasteiger charge is 2.63. The van der Waals surface area contributed by atoms with E-state index in [1.54, 1.807) is 0 Å². The molecule has 1 unspecified atom stereocenters. The summed E-state index contributed by atoms with van der Waals surface area (Å²) in [6.07, 6.45) is -6.50. The summed E-state index contributed by atoms with van der Waals surface area (Å²) in [6.45, 7) is 1.08. The molecule has 0 aliphatic rings. The first-order chi connectivity index (χ1) is 6.98. The fraction of sp³-hybridized carbons (Fsp3) is 0.714. The Balaban J connectivity index is 4.53. The summed E-state index contributed by atoms with van der Waals surface area (Å²) in [5.41, 5.74) is 4.66. The van der Waals surface area contributed by atoms with Crippen molar-refractivity contribution in [2.45, 2.75) is 31.5 Å². The largest absolute Gasteiger partial charge is 0.463 e. The predicted octanol–water partition coefficient (Wildman–Crippen LogP) is 0.564. The lowest BCUT2D eigenvalue weighted by atomic mass is 10.2. The maximum absolute atomic E-state index is 12.4. The molecule has 0 bridgehead atoms. The first-order valence-electron chi connectivity index (χ1n) is 4.02. The molecule has 0 saturated heterocycles. The van der Waals surface area contributed by atoms with Crippen LogP contribution in [-0.4, -0.2) is 30.0 Å². The second kappa shape index (κ2) is 4.62. The van der Waals surface area contributed by atoms with Crippen LogP contribution in [0.5, 0.6) is 0 Å². The molecule has 3 N–H and O–H groups in total. The van der Waals surface area contributed by atoms with E-state index in [-0.39, 0.29) is 0 Å². The average molecular weight is 248 g/mol. The fourth-order valence-corrected chi connectivity index (χ4v) is 0.796. The minimum absolute atomic E-state index is 0.528. The number of nitrogens with one attached hydrogen (secondary N) is 1. The van der Waals surface area contributed by atoms with Gasteiger partial charge in [-0.2, -0.15) is 22.0 Å². The molecule has 0 fully saturated rings. The third-order valence-electron chi connectivity index (χ3n) is 1.53. The van der Waals surface area contributed by atoms with Gasteiger partial charge in [0.2, 0.25) is 5.91 Å². The molecular weight excluding hydrogens is 239 g/mol. The van der Waals surface area contributed by atoms with Crippen molar-refractivity contribution in [2.75, 3.05) is 0 Å². The SMILES string of the molecule is CC(CC(N)=O)NC(=O)C(F)(F)C(F)(F)F. The van der Waals surface area contributed by atoms with Crippen molar-refractivity contribution in [2.24, 2.45) is 5.73 Å². The van der Waals surface area contributed by atoms with E-state index in [0.717, 1.165) is 6.92 Å². The highest BCUT2D eigenvalue weighted by atomic mass is 19.4. The summed E-state index contributed by atoms with van der Waals surface area (Å²) in [5.74, 6) is -8.92. The molecule has 0 aliphatic heterocycles. The van der Waals surface area contributed by atoms with E-state index in [1.807, 2.05) is 0 Å². The first kappa shape index (κ1) is 14.6. The molecule has 0 aromatic heterocycles. The molecule has 4 nitrogen and oxygen atoms in total. The monoisotopic (exact) mass is 248 g/mol. The van der Waals surface area contributed by atoms with E-state index in [4.69, 9.17) is 0 Å². The molecule has 0 spiro atoms. The number of amides is 2. The second-order valence-electron chi connectivity index (χ2n) is 3.12. The number of halogens is 5. The molecule has 16 heavy (non-hydrogen) atoms. The second-order valence-corrected chi connectivity index (χ2v) is 3.12. The standard InChI is InChI=1S/C7H9F5N2O2/c1-3(2-4(13)15)14-5(16)6(8,9)7(10,11)12/h3H,2H2,1H3,(H2,13,15)(H,14,16). The topological polar surface area (TPSA) is 72.2 Å². The van der Waals surface area contributed by atoms with E-state index >= 15 is 0 Å². The molecule has 0 saturated carbocycles. The first-order valence-corrected chi connectivity index (χ1v) is 4.02. The number of hydrogen-bond donors (Lipinski definition) is 2. The van der Waals surface area contributed by atoms with Crippen molar-refractivity contribution >= 4 is 11.8 Å². The van der Waals surface area contributed by atoms with Crippen LogP contribution in [0.3, 0.4) is 0 Å². The van der Waals surface area contributed by atoms with Crippen LogP contribution in [-0.2, 0) is 9.59 Å². The van der Waals surface area contributed by atoms with Crippen molar-refractivity contribution in [1.29, 1.82) is 0 Å². The van der Waals surface area contributed by atoms with Gasteiger partial charge in [-0.1, -0.05) is 0 Å². The van der Waals surface area contributed by atoms with Gasteiger partial charge >= 0.3 is 18.0 Å². The van der Waals surface area contributed by atoms with Gasteiger partial charge in [0.1, 0.15) is 0 Å². The third kappa shape index (κ3) is 3.63. The smallest absolute Gasteiger partial charge is 0.370 e. The zero-order valence-corrected chi connectivity index (χ0v) is 8.07. The Morgan fingerprint density at radius 1 is 1.25 bits per heavy atom. The normalized spacial score (nSPS) is 14.4. The molecule has 0 aliphatic carbocycles. The van der Waals surface area contributed by atoms with Crippen molar-refractivity contribution < 1.29 is 31.5 Å².